The van der Waals surface area contributed by atoms with Crippen molar-refractivity contribution in [3.8, 4) is 0 Å². The summed E-state index contributed by atoms with van der Waals surface area (Å²) in [5.41, 5.74) is 0. The molecule has 0 nitrogen and oxygen atoms in total. The van der Waals surface area contributed by atoms with Crippen LogP contribution < -0.4 is 0 Å². The first-order chi connectivity index (χ1) is 4.39. The fourth-order valence-corrected chi connectivity index (χ4v) is 0.415. The van der Waals surface area contributed by atoms with Crippen LogP contribution in [0.25, 0.3) is 0 Å². The lowest BCUT2D eigenvalue weighted by Gasteiger charge is -1.78. The van der Waals surface area contributed by atoms with Gasteiger partial charge in [0.1, 0.15) is 5.82 Å². The van der Waals surface area contributed by atoms with Gasteiger partial charge in [-0.15, -0.1) is 13.2 Å². The number of hydrogen-bond donors (Lipinski definition) is 0. The lowest BCUT2D eigenvalue weighted by atomic mass is 10.4. The molecule has 0 aliphatic heterocycles. The van der Waals surface area contributed by atoms with Crippen LogP contribution in [0.3, 0.4) is 0 Å². The van der Waals surface area contributed by atoms with Crippen molar-refractivity contribution in [1.29, 1.82) is 0 Å². The van der Waals surface area contributed by atoms with E-state index < -0.39 is 0 Å². The zero-order chi connectivity index (χ0) is 7.11. The maximum Gasteiger partial charge on any atom is 0.123 e. The van der Waals surface area contributed by atoms with Crippen LogP contribution in [0.4, 0.5) is 4.39 Å². The molecule has 0 atom stereocenters. The van der Waals surface area contributed by atoms with Gasteiger partial charge in [0.25, 0.3) is 0 Å². The van der Waals surface area contributed by atoms with Gasteiger partial charge >= 0.3 is 0 Å². The topological polar surface area (TPSA) is 0 Å². The highest BCUT2D eigenvalue weighted by Crippen LogP contribution is 1.91. The first-order valence-corrected chi connectivity index (χ1v) is 2.60. The van der Waals surface area contributed by atoms with Crippen molar-refractivity contribution >= 4 is 0 Å². The Kier molecular flexibility index (Phi) is 9.20. The summed E-state index contributed by atoms with van der Waals surface area (Å²) >= 11 is 0. The summed E-state index contributed by atoms with van der Waals surface area (Å²) in [6, 6.07) is 7.94. The van der Waals surface area contributed by atoms with Crippen LogP contribution in [-0.4, -0.2) is 0 Å². The summed E-state index contributed by atoms with van der Waals surface area (Å²) in [5.74, 6) is -0.178. The Hall–Kier alpha value is -1.11. The molecule has 1 aromatic carbocycles. The molecule has 0 aliphatic rings. The van der Waals surface area contributed by atoms with Crippen molar-refractivity contribution in [1.82, 2.24) is 0 Å². The van der Waals surface area contributed by atoms with E-state index in [1.807, 2.05) is 0 Å². The highest BCUT2D eigenvalue weighted by atomic mass is 19.1. The standard InChI is InChI=1S/C6H5F.C2H4.CH4/c7-6-4-2-1-3-5-6;1-2;/h1-5H;1-2H2;1H4. The highest BCUT2D eigenvalue weighted by Gasteiger charge is 1.77. The summed E-state index contributed by atoms with van der Waals surface area (Å²) in [6.45, 7) is 6.00. The minimum Gasteiger partial charge on any atom is -0.207 e. The molecule has 10 heavy (non-hydrogen) atoms. The summed E-state index contributed by atoms with van der Waals surface area (Å²) in [7, 11) is 0. The van der Waals surface area contributed by atoms with Gasteiger partial charge in [0, 0.05) is 0 Å². The van der Waals surface area contributed by atoms with Crippen LogP contribution in [0.2, 0.25) is 0 Å². The molecule has 1 heteroatoms. The second-order valence-electron chi connectivity index (χ2n) is 1.30. The maximum atomic E-state index is 11.9. The Morgan fingerprint density at radius 1 is 1.00 bits per heavy atom. The first-order valence-electron chi connectivity index (χ1n) is 2.60. The highest BCUT2D eigenvalue weighted by molar-refractivity contribution is 5.02. The summed E-state index contributed by atoms with van der Waals surface area (Å²) in [4.78, 5) is 0. The molecule has 0 fully saturated rings. The minimum atomic E-state index is -0.178. The van der Waals surface area contributed by atoms with E-state index in [0.29, 0.717) is 0 Å². The molecule has 0 spiro atoms. The van der Waals surface area contributed by atoms with E-state index in [2.05, 4.69) is 13.2 Å². The van der Waals surface area contributed by atoms with E-state index in [-0.39, 0.29) is 13.2 Å². The second-order valence-corrected chi connectivity index (χ2v) is 1.30. The van der Waals surface area contributed by atoms with Crippen LogP contribution in [0.15, 0.2) is 43.5 Å². The van der Waals surface area contributed by atoms with Gasteiger partial charge in [0.05, 0.1) is 0 Å². The molecular formula is C9H13F. The van der Waals surface area contributed by atoms with Gasteiger partial charge in [0.2, 0.25) is 0 Å². The summed E-state index contributed by atoms with van der Waals surface area (Å²) in [5, 5.41) is 0. The van der Waals surface area contributed by atoms with E-state index in [9.17, 15) is 4.39 Å². The van der Waals surface area contributed by atoms with Crippen molar-refractivity contribution in [3.05, 3.63) is 49.3 Å². The number of halogens is 1. The second kappa shape index (κ2) is 7.89. The molecule has 56 valence electrons. The SMILES string of the molecule is C.C=C.Fc1ccccc1. The van der Waals surface area contributed by atoms with E-state index in [0.717, 1.165) is 0 Å². The van der Waals surface area contributed by atoms with Gasteiger partial charge in [-0.25, -0.2) is 4.39 Å². The van der Waals surface area contributed by atoms with Gasteiger partial charge in [-0.2, -0.15) is 0 Å². The Bertz CT molecular complexity index is 146. The van der Waals surface area contributed by atoms with Gasteiger partial charge in [-0.1, -0.05) is 25.6 Å². The predicted molar refractivity (Wildman–Crippen MR) is 44.4 cm³/mol. The summed E-state index contributed by atoms with van der Waals surface area (Å²) < 4.78 is 11.9. The van der Waals surface area contributed by atoms with Crippen molar-refractivity contribution in [2.24, 2.45) is 0 Å². The van der Waals surface area contributed by atoms with Gasteiger partial charge in [-0.05, 0) is 12.1 Å². The van der Waals surface area contributed by atoms with Crippen LogP contribution in [-0.2, 0) is 0 Å². The van der Waals surface area contributed by atoms with Crippen LogP contribution in [0.1, 0.15) is 7.43 Å². The Labute approximate surface area is 62.0 Å². The maximum absolute atomic E-state index is 11.9. The molecule has 0 aromatic heterocycles. The molecule has 1 rings (SSSR count). The van der Waals surface area contributed by atoms with Crippen LogP contribution in [0, 0.1) is 5.82 Å². The first kappa shape index (κ1) is 11.7. The molecule has 0 radical (unpaired) electrons. The van der Waals surface area contributed by atoms with Gasteiger partial charge in [0.15, 0.2) is 0 Å². The van der Waals surface area contributed by atoms with Gasteiger partial charge < -0.3 is 0 Å². The average molecular weight is 140 g/mol. The molecular weight excluding hydrogens is 127 g/mol. The fraction of sp³-hybridized carbons (Fsp3) is 0.111. The normalized spacial score (nSPS) is 6.50. The lowest BCUT2D eigenvalue weighted by Crippen LogP contribution is -1.63. The monoisotopic (exact) mass is 140 g/mol. The number of hydrogen-bond acceptors (Lipinski definition) is 0. The zero-order valence-electron chi connectivity index (χ0n) is 5.18. The largest absolute Gasteiger partial charge is 0.207 e. The molecule has 0 amide bonds. The molecule has 0 heterocycles. The number of benzene rings is 1. The molecule has 0 saturated heterocycles. The molecule has 0 bridgehead atoms. The Morgan fingerprint density at radius 2 is 1.40 bits per heavy atom. The molecule has 1 aromatic rings. The molecule has 0 aliphatic carbocycles. The predicted octanol–water partition coefficient (Wildman–Crippen LogP) is 3.26. The van der Waals surface area contributed by atoms with E-state index in [1.165, 1.54) is 12.1 Å². The van der Waals surface area contributed by atoms with Crippen molar-refractivity contribution in [2.45, 2.75) is 7.43 Å². The molecule has 0 unspecified atom stereocenters. The fourth-order valence-electron chi connectivity index (χ4n) is 0.415. The third kappa shape index (κ3) is 5.04. The van der Waals surface area contributed by atoms with Crippen molar-refractivity contribution in [2.75, 3.05) is 0 Å². The Balaban J connectivity index is 0. The Morgan fingerprint density at radius 3 is 1.60 bits per heavy atom. The van der Waals surface area contributed by atoms with Crippen molar-refractivity contribution < 1.29 is 4.39 Å². The van der Waals surface area contributed by atoms with Crippen LogP contribution in [0.5, 0.6) is 0 Å². The quantitative estimate of drug-likeness (QED) is 0.485. The molecule has 0 N–H and O–H groups in total. The minimum absolute atomic E-state index is 0. The van der Waals surface area contributed by atoms with Crippen molar-refractivity contribution in [3.63, 3.8) is 0 Å². The van der Waals surface area contributed by atoms with E-state index >= 15 is 0 Å². The number of rotatable bonds is 0. The zero-order valence-corrected chi connectivity index (χ0v) is 5.18. The average Bonchev–Trinajstić information content (AvgIpc) is 1.94. The van der Waals surface area contributed by atoms with Crippen LogP contribution >= 0.6 is 0 Å². The third-order valence-electron chi connectivity index (χ3n) is 0.733. The lowest BCUT2D eigenvalue weighted by molar-refractivity contribution is 0.628. The van der Waals surface area contributed by atoms with Gasteiger partial charge in [-0.3, -0.25) is 0 Å². The molecule has 0 saturated carbocycles. The van der Waals surface area contributed by atoms with E-state index in [4.69, 9.17) is 0 Å². The van der Waals surface area contributed by atoms with E-state index in [1.54, 1.807) is 18.2 Å². The smallest absolute Gasteiger partial charge is 0.123 e. The summed E-state index contributed by atoms with van der Waals surface area (Å²) in [6.07, 6.45) is 0. The third-order valence-corrected chi connectivity index (χ3v) is 0.733.